The van der Waals surface area contributed by atoms with E-state index in [1.165, 1.54) is 0 Å². The number of methoxy groups -OCH3 is 1. The fraction of sp³-hybridized carbons (Fsp3) is 0.750. The molecule has 0 aliphatic carbocycles. The molecule has 0 saturated heterocycles. The first-order valence-corrected chi connectivity index (χ1v) is 6.54. The molecule has 1 rings (SSSR count). The topological polar surface area (TPSA) is 78.4 Å². The highest BCUT2D eigenvalue weighted by Crippen LogP contribution is 2.13. The first kappa shape index (κ1) is 15.4. The van der Waals surface area contributed by atoms with Gasteiger partial charge in [-0.15, -0.1) is 4.98 Å². The van der Waals surface area contributed by atoms with Gasteiger partial charge in [-0.3, -0.25) is 0 Å². The summed E-state index contributed by atoms with van der Waals surface area (Å²) in [5, 5.41) is 3.09. The second-order valence-electron chi connectivity index (χ2n) is 3.78. The summed E-state index contributed by atoms with van der Waals surface area (Å²) in [6, 6.07) is 0.547. The molecule has 0 atom stereocenters. The monoisotopic (exact) mass is 270 g/mol. The molecule has 0 fully saturated rings. The Kier molecular flexibility index (Phi) is 7.57. The summed E-state index contributed by atoms with van der Waals surface area (Å²) in [7, 11) is 1.66. The quantitative estimate of drug-likeness (QED) is 0.645. The van der Waals surface area contributed by atoms with Crippen LogP contribution in [0.15, 0.2) is 0 Å². The molecule has 0 amide bonds. The molecule has 108 valence electrons. The fourth-order valence-corrected chi connectivity index (χ4v) is 1.28. The summed E-state index contributed by atoms with van der Waals surface area (Å²) in [6.07, 6.45) is 1.77. The zero-order chi connectivity index (χ0) is 13.9. The lowest BCUT2D eigenvalue weighted by Gasteiger charge is -2.09. The van der Waals surface area contributed by atoms with Crippen molar-refractivity contribution in [3.63, 3.8) is 0 Å². The average molecular weight is 270 g/mol. The second-order valence-corrected chi connectivity index (χ2v) is 3.78. The van der Waals surface area contributed by atoms with E-state index < -0.39 is 0 Å². The largest absolute Gasteiger partial charge is 0.464 e. The van der Waals surface area contributed by atoms with Gasteiger partial charge >= 0.3 is 12.0 Å². The number of aromatic nitrogens is 3. The van der Waals surface area contributed by atoms with Crippen LogP contribution in [0.3, 0.4) is 0 Å². The molecule has 0 unspecified atom stereocenters. The summed E-state index contributed by atoms with van der Waals surface area (Å²) >= 11 is 0. The van der Waals surface area contributed by atoms with E-state index in [4.69, 9.17) is 14.2 Å². The predicted octanol–water partition coefficient (Wildman–Crippen LogP) is 1.51. The molecular formula is C12H22N4O3. The minimum absolute atomic E-state index is 0.271. The van der Waals surface area contributed by atoms with E-state index in [0.29, 0.717) is 25.8 Å². The number of nitrogens with zero attached hydrogens (tertiary/aromatic N) is 3. The van der Waals surface area contributed by atoms with Crippen LogP contribution in [0.4, 0.5) is 5.95 Å². The van der Waals surface area contributed by atoms with Gasteiger partial charge in [0.2, 0.25) is 5.95 Å². The molecule has 7 heteroatoms. The van der Waals surface area contributed by atoms with Crippen LogP contribution in [0.2, 0.25) is 0 Å². The Morgan fingerprint density at radius 2 is 1.74 bits per heavy atom. The Morgan fingerprint density at radius 1 is 1.00 bits per heavy atom. The van der Waals surface area contributed by atoms with Crippen LogP contribution in [-0.2, 0) is 4.74 Å². The van der Waals surface area contributed by atoms with Gasteiger partial charge in [0.15, 0.2) is 0 Å². The van der Waals surface area contributed by atoms with Gasteiger partial charge in [0.05, 0.1) is 13.2 Å². The Hall–Kier alpha value is -1.63. The van der Waals surface area contributed by atoms with Crippen molar-refractivity contribution in [2.75, 3.05) is 38.8 Å². The molecule has 1 N–H and O–H groups in total. The normalized spacial score (nSPS) is 10.3. The maximum atomic E-state index is 5.45. The zero-order valence-corrected chi connectivity index (χ0v) is 11.8. The number of hydrogen-bond acceptors (Lipinski definition) is 7. The summed E-state index contributed by atoms with van der Waals surface area (Å²) in [6.45, 7) is 6.38. The summed E-state index contributed by atoms with van der Waals surface area (Å²) in [4.78, 5) is 12.4. The zero-order valence-electron chi connectivity index (χ0n) is 11.8. The van der Waals surface area contributed by atoms with E-state index in [0.717, 1.165) is 19.4 Å². The first-order chi connectivity index (χ1) is 9.30. The average Bonchev–Trinajstić information content (AvgIpc) is 2.42. The molecule has 0 aromatic carbocycles. The Balaban J connectivity index is 2.63. The molecule has 0 saturated carbocycles. The summed E-state index contributed by atoms with van der Waals surface area (Å²) in [5.41, 5.74) is 0. The van der Waals surface area contributed by atoms with Crippen LogP contribution in [0.5, 0.6) is 12.0 Å². The molecule has 1 aromatic heterocycles. The lowest BCUT2D eigenvalue weighted by atomic mass is 10.5. The Labute approximate surface area is 113 Å². The molecule has 0 bridgehead atoms. The molecule has 19 heavy (non-hydrogen) atoms. The van der Waals surface area contributed by atoms with E-state index in [1.807, 2.05) is 6.92 Å². The van der Waals surface area contributed by atoms with Crippen molar-refractivity contribution in [2.24, 2.45) is 0 Å². The number of nitrogens with one attached hydrogen (secondary N) is 1. The van der Waals surface area contributed by atoms with Crippen molar-refractivity contribution >= 4 is 5.95 Å². The third-order valence-corrected chi connectivity index (χ3v) is 2.12. The third kappa shape index (κ3) is 6.19. The third-order valence-electron chi connectivity index (χ3n) is 2.12. The SMILES string of the molecule is CCCNc1nc(OCC)nc(OCCCOC)n1. The Bertz CT molecular complexity index is 363. The van der Waals surface area contributed by atoms with Gasteiger partial charge in [-0.05, 0) is 13.3 Å². The van der Waals surface area contributed by atoms with Gasteiger partial charge in [-0.25, -0.2) is 0 Å². The van der Waals surface area contributed by atoms with Crippen LogP contribution >= 0.6 is 0 Å². The van der Waals surface area contributed by atoms with Crippen molar-refractivity contribution in [1.82, 2.24) is 15.0 Å². The molecule has 7 nitrogen and oxygen atoms in total. The smallest absolute Gasteiger partial charge is 0.324 e. The van der Waals surface area contributed by atoms with Gasteiger partial charge in [0.25, 0.3) is 0 Å². The molecule has 0 spiro atoms. The van der Waals surface area contributed by atoms with Crippen LogP contribution in [-0.4, -0.2) is 48.4 Å². The van der Waals surface area contributed by atoms with Crippen LogP contribution in [0, 0.1) is 0 Å². The van der Waals surface area contributed by atoms with Gasteiger partial charge in [0, 0.05) is 26.7 Å². The van der Waals surface area contributed by atoms with E-state index in [1.54, 1.807) is 7.11 Å². The number of hydrogen-bond donors (Lipinski definition) is 1. The van der Waals surface area contributed by atoms with Crippen LogP contribution in [0.1, 0.15) is 26.7 Å². The van der Waals surface area contributed by atoms with E-state index >= 15 is 0 Å². The predicted molar refractivity (Wildman–Crippen MR) is 71.8 cm³/mol. The number of rotatable bonds is 10. The molecular weight excluding hydrogens is 248 g/mol. The lowest BCUT2D eigenvalue weighted by molar-refractivity contribution is 0.168. The van der Waals surface area contributed by atoms with Gasteiger partial charge < -0.3 is 19.5 Å². The standard InChI is InChI=1S/C12H22N4O3/c1-4-7-13-10-14-11(18-5-2)16-12(15-10)19-9-6-8-17-3/h4-9H2,1-3H3,(H,13,14,15,16). The fourth-order valence-electron chi connectivity index (χ4n) is 1.28. The maximum Gasteiger partial charge on any atom is 0.324 e. The Morgan fingerprint density at radius 3 is 2.37 bits per heavy atom. The second kappa shape index (κ2) is 9.32. The number of anilines is 1. The molecule has 0 radical (unpaired) electrons. The van der Waals surface area contributed by atoms with Gasteiger partial charge in [-0.1, -0.05) is 6.92 Å². The van der Waals surface area contributed by atoms with Crippen molar-refractivity contribution in [1.29, 1.82) is 0 Å². The maximum absolute atomic E-state index is 5.45. The van der Waals surface area contributed by atoms with Crippen molar-refractivity contribution in [3.05, 3.63) is 0 Å². The van der Waals surface area contributed by atoms with Crippen molar-refractivity contribution < 1.29 is 14.2 Å². The molecule has 0 aliphatic heterocycles. The van der Waals surface area contributed by atoms with E-state index in [-0.39, 0.29) is 12.0 Å². The van der Waals surface area contributed by atoms with Crippen molar-refractivity contribution in [2.45, 2.75) is 26.7 Å². The minimum atomic E-state index is 0.271. The van der Waals surface area contributed by atoms with Crippen LogP contribution < -0.4 is 14.8 Å². The highest BCUT2D eigenvalue weighted by molar-refractivity contribution is 5.27. The van der Waals surface area contributed by atoms with E-state index in [9.17, 15) is 0 Å². The summed E-state index contributed by atoms with van der Waals surface area (Å²) < 4.78 is 15.7. The van der Waals surface area contributed by atoms with E-state index in [2.05, 4.69) is 27.2 Å². The van der Waals surface area contributed by atoms with Gasteiger partial charge in [0.1, 0.15) is 0 Å². The van der Waals surface area contributed by atoms with Crippen molar-refractivity contribution in [3.8, 4) is 12.0 Å². The minimum Gasteiger partial charge on any atom is -0.464 e. The van der Waals surface area contributed by atoms with Crippen LogP contribution in [0.25, 0.3) is 0 Å². The highest BCUT2D eigenvalue weighted by atomic mass is 16.5. The summed E-state index contributed by atoms with van der Waals surface area (Å²) in [5.74, 6) is 0.474. The first-order valence-electron chi connectivity index (χ1n) is 6.54. The molecule has 1 heterocycles. The molecule has 0 aliphatic rings. The van der Waals surface area contributed by atoms with Gasteiger partial charge in [-0.2, -0.15) is 9.97 Å². The molecule has 1 aromatic rings. The highest BCUT2D eigenvalue weighted by Gasteiger charge is 2.07. The lowest BCUT2D eigenvalue weighted by Crippen LogP contribution is -2.10. The number of ether oxygens (including phenoxy) is 3.